The van der Waals surface area contributed by atoms with E-state index in [-0.39, 0.29) is 5.78 Å². The molecule has 0 atom stereocenters. The minimum absolute atomic E-state index is 0.185. The van der Waals surface area contributed by atoms with Crippen LogP contribution in [0.1, 0.15) is 33.5 Å². The molecule has 1 saturated heterocycles. The number of benzene rings is 2. The van der Waals surface area contributed by atoms with E-state index in [9.17, 15) is 4.79 Å². The summed E-state index contributed by atoms with van der Waals surface area (Å²) in [6.45, 7) is 9.14. The summed E-state index contributed by atoms with van der Waals surface area (Å²) in [5.41, 5.74) is 4.03. The van der Waals surface area contributed by atoms with Crippen LogP contribution in [0.25, 0.3) is 0 Å². The van der Waals surface area contributed by atoms with Gasteiger partial charge >= 0.3 is 0 Å². The van der Waals surface area contributed by atoms with Crippen molar-refractivity contribution >= 4 is 5.78 Å². The summed E-state index contributed by atoms with van der Waals surface area (Å²) < 4.78 is 11.4. The van der Waals surface area contributed by atoms with Crippen LogP contribution in [0.5, 0.6) is 5.75 Å². The molecule has 0 saturated carbocycles. The molecule has 4 nitrogen and oxygen atoms in total. The molecule has 3 rings (SSSR count). The highest BCUT2D eigenvalue weighted by atomic mass is 16.5. The number of ketones is 1. The van der Waals surface area contributed by atoms with Crippen LogP contribution < -0.4 is 4.74 Å². The first-order chi connectivity index (χ1) is 13.1. The number of carbonyl (C=O) groups excluding carboxylic acids is 1. The zero-order valence-corrected chi connectivity index (χ0v) is 16.4. The van der Waals surface area contributed by atoms with E-state index in [2.05, 4.69) is 17.0 Å². The lowest BCUT2D eigenvalue weighted by Crippen LogP contribution is -2.38. The van der Waals surface area contributed by atoms with Gasteiger partial charge in [0.2, 0.25) is 0 Å². The quantitative estimate of drug-likeness (QED) is 0.665. The molecule has 0 N–H and O–H groups in total. The van der Waals surface area contributed by atoms with E-state index >= 15 is 0 Å². The molecule has 1 aliphatic rings. The molecule has 0 bridgehead atoms. The summed E-state index contributed by atoms with van der Waals surface area (Å²) in [4.78, 5) is 15.0. The van der Waals surface area contributed by atoms with Crippen molar-refractivity contribution in [1.82, 2.24) is 4.90 Å². The van der Waals surface area contributed by atoms with Crippen molar-refractivity contribution < 1.29 is 14.3 Å². The molecule has 1 heterocycles. The fraction of sp³-hybridized carbons (Fsp3) is 0.435. The Balaban J connectivity index is 1.55. The molecular formula is C23H29NO3. The lowest BCUT2D eigenvalue weighted by atomic mass is 9.99. The third-order valence-electron chi connectivity index (χ3n) is 5.02. The van der Waals surface area contributed by atoms with Gasteiger partial charge in [0, 0.05) is 31.6 Å². The van der Waals surface area contributed by atoms with Crippen LogP contribution in [0, 0.1) is 13.8 Å². The number of rotatable bonds is 8. The molecule has 0 aliphatic carbocycles. The van der Waals surface area contributed by atoms with Gasteiger partial charge in [-0.05, 0) is 49.1 Å². The fourth-order valence-corrected chi connectivity index (χ4v) is 3.49. The molecule has 4 heteroatoms. The van der Waals surface area contributed by atoms with Gasteiger partial charge in [-0.1, -0.05) is 30.3 Å². The van der Waals surface area contributed by atoms with E-state index in [0.29, 0.717) is 13.0 Å². The van der Waals surface area contributed by atoms with E-state index in [0.717, 1.165) is 61.7 Å². The lowest BCUT2D eigenvalue weighted by molar-refractivity contribution is 0.0322. The zero-order valence-electron chi connectivity index (χ0n) is 16.4. The normalized spacial score (nSPS) is 14.9. The molecule has 1 fully saturated rings. The van der Waals surface area contributed by atoms with Crippen LogP contribution >= 0.6 is 0 Å². The van der Waals surface area contributed by atoms with Crippen LogP contribution in [-0.2, 0) is 11.2 Å². The summed E-state index contributed by atoms with van der Waals surface area (Å²) in [6.07, 6.45) is 1.30. The topological polar surface area (TPSA) is 38.8 Å². The van der Waals surface area contributed by atoms with Crippen molar-refractivity contribution in [2.45, 2.75) is 26.7 Å². The number of aryl methyl sites for hydroxylation is 3. The third-order valence-corrected chi connectivity index (χ3v) is 5.02. The van der Waals surface area contributed by atoms with Crippen molar-refractivity contribution in [2.24, 2.45) is 0 Å². The van der Waals surface area contributed by atoms with Gasteiger partial charge in [0.1, 0.15) is 12.4 Å². The molecule has 0 radical (unpaired) electrons. The zero-order chi connectivity index (χ0) is 19.1. The number of Topliss-reactive ketones (excluding diaryl/α,β-unsaturated/α-hetero) is 1. The Morgan fingerprint density at radius 1 is 1.07 bits per heavy atom. The highest BCUT2D eigenvalue weighted by molar-refractivity contribution is 5.96. The van der Waals surface area contributed by atoms with Gasteiger partial charge in [0.05, 0.1) is 13.2 Å². The Labute approximate surface area is 162 Å². The van der Waals surface area contributed by atoms with Gasteiger partial charge < -0.3 is 9.47 Å². The number of hydrogen-bond acceptors (Lipinski definition) is 4. The highest BCUT2D eigenvalue weighted by Crippen LogP contribution is 2.25. The summed E-state index contributed by atoms with van der Waals surface area (Å²) in [7, 11) is 0. The smallest absolute Gasteiger partial charge is 0.163 e. The van der Waals surface area contributed by atoms with Gasteiger partial charge in [-0.25, -0.2) is 0 Å². The molecule has 2 aromatic rings. The fourth-order valence-electron chi connectivity index (χ4n) is 3.49. The van der Waals surface area contributed by atoms with Gasteiger partial charge in [-0.3, -0.25) is 9.69 Å². The van der Waals surface area contributed by atoms with Crippen LogP contribution in [0.3, 0.4) is 0 Å². The molecule has 0 spiro atoms. The second-order valence-electron chi connectivity index (χ2n) is 7.15. The largest absolute Gasteiger partial charge is 0.492 e. The third kappa shape index (κ3) is 5.65. The molecule has 2 aromatic carbocycles. The Hall–Kier alpha value is -2.17. The van der Waals surface area contributed by atoms with Crippen molar-refractivity contribution in [3.05, 3.63) is 64.7 Å². The summed E-state index contributed by atoms with van der Waals surface area (Å²) in [5.74, 6) is 1.09. The van der Waals surface area contributed by atoms with E-state index in [4.69, 9.17) is 9.47 Å². The first-order valence-electron chi connectivity index (χ1n) is 9.75. The van der Waals surface area contributed by atoms with Gasteiger partial charge in [0.15, 0.2) is 5.78 Å². The predicted molar refractivity (Wildman–Crippen MR) is 108 cm³/mol. The van der Waals surface area contributed by atoms with Crippen molar-refractivity contribution in [1.29, 1.82) is 0 Å². The number of morpholine rings is 1. The molecule has 27 heavy (non-hydrogen) atoms. The Kier molecular flexibility index (Phi) is 7.02. The van der Waals surface area contributed by atoms with E-state index in [1.807, 2.05) is 44.2 Å². The summed E-state index contributed by atoms with van der Waals surface area (Å²) >= 11 is 0. The second kappa shape index (κ2) is 9.67. The minimum Gasteiger partial charge on any atom is -0.492 e. The highest BCUT2D eigenvalue weighted by Gasteiger charge is 2.14. The Morgan fingerprint density at radius 3 is 2.41 bits per heavy atom. The number of nitrogens with zero attached hydrogens (tertiary/aromatic N) is 1. The molecule has 0 amide bonds. The monoisotopic (exact) mass is 367 g/mol. The number of carbonyl (C=O) groups is 1. The average Bonchev–Trinajstić information content (AvgIpc) is 2.69. The maximum absolute atomic E-state index is 12.6. The Morgan fingerprint density at radius 2 is 1.74 bits per heavy atom. The Bertz CT molecular complexity index is 728. The first kappa shape index (κ1) is 19.6. The van der Waals surface area contributed by atoms with Crippen LogP contribution in [0.4, 0.5) is 0 Å². The van der Waals surface area contributed by atoms with Crippen molar-refractivity contribution in [2.75, 3.05) is 39.5 Å². The average molecular weight is 367 g/mol. The van der Waals surface area contributed by atoms with Crippen LogP contribution in [0.2, 0.25) is 0 Å². The van der Waals surface area contributed by atoms with Gasteiger partial charge in [-0.2, -0.15) is 0 Å². The molecule has 144 valence electrons. The first-order valence-corrected chi connectivity index (χ1v) is 9.75. The minimum atomic E-state index is 0.185. The molecule has 1 aliphatic heterocycles. The standard InChI is InChI=1S/C23H29NO3/c1-18-16-21(22(25)9-8-20-6-4-3-5-7-20)17-19(2)23(18)27-15-12-24-10-13-26-14-11-24/h3-7,16-17H,8-15H2,1-2H3. The van der Waals surface area contributed by atoms with E-state index in [1.54, 1.807) is 0 Å². The summed E-state index contributed by atoms with van der Waals surface area (Å²) in [6, 6.07) is 14.1. The van der Waals surface area contributed by atoms with Crippen LogP contribution in [-0.4, -0.2) is 50.1 Å². The van der Waals surface area contributed by atoms with Gasteiger partial charge in [0.25, 0.3) is 0 Å². The second-order valence-corrected chi connectivity index (χ2v) is 7.15. The van der Waals surface area contributed by atoms with E-state index < -0.39 is 0 Å². The number of hydrogen-bond donors (Lipinski definition) is 0. The van der Waals surface area contributed by atoms with Crippen LogP contribution in [0.15, 0.2) is 42.5 Å². The molecular weight excluding hydrogens is 338 g/mol. The van der Waals surface area contributed by atoms with E-state index in [1.165, 1.54) is 5.56 Å². The maximum Gasteiger partial charge on any atom is 0.163 e. The van der Waals surface area contributed by atoms with Gasteiger partial charge in [-0.15, -0.1) is 0 Å². The SMILES string of the molecule is Cc1cc(C(=O)CCc2ccccc2)cc(C)c1OCCN1CCOCC1. The maximum atomic E-state index is 12.6. The molecule has 0 unspecified atom stereocenters. The number of ether oxygens (including phenoxy) is 2. The predicted octanol–water partition coefficient (Wildman–Crippen LogP) is 3.83. The van der Waals surface area contributed by atoms with Crippen molar-refractivity contribution in [3.63, 3.8) is 0 Å². The lowest BCUT2D eigenvalue weighted by Gasteiger charge is -2.26. The molecule has 0 aromatic heterocycles. The van der Waals surface area contributed by atoms with Crippen molar-refractivity contribution in [3.8, 4) is 5.75 Å². The summed E-state index contributed by atoms with van der Waals surface area (Å²) in [5, 5.41) is 0.